The van der Waals surface area contributed by atoms with Gasteiger partial charge < -0.3 is 5.11 Å². The van der Waals surface area contributed by atoms with E-state index < -0.39 is 0 Å². The smallest absolute Gasteiger partial charge is 0.0991 e. The number of nitrogens with zero attached hydrogens (tertiary/aromatic N) is 2. The lowest BCUT2D eigenvalue weighted by Gasteiger charge is -2.15. The summed E-state index contributed by atoms with van der Waals surface area (Å²) in [5.74, 6) is 0.430. The quantitative estimate of drug-likeness (QED) is 0.830. The van der Waals surface area contributed by atoms with E-state index in [1.165, 1.54) is 5.56 Å². The normalized spacial score (nSPS) is 20.9. The second-order valence-electron chi connectivity index (χ2n) is 4.38. The zero-order valence-corrected chi connectivity index (χ0v) is 9.26. The van der Waals surface area contributed by atoms with Gasteiger partial charge in [-0.1, -0.05) is 12.1 Å². The number of benzene rings is 1. The maximum atomic E-state index is 9.06. The van der Waals surface area contributed by atoms with E-state index in [4.69, 9.17) is 10.4 Å². The zero-order chi connectivity index (χ0) is 11.4. The van der Waals surface area contributed by atoms with Crippen molar-refractivity contribution >= 4 is 0 Å². The van der Waals surface area contributed by atoms with E-state index in [0.29, 0.717) is 5.92 Å². The molecule has 1 unspecified atom stereocenters. The molecule has 3 nitrogen and oxygen atoms in total. The van der Waals surface area contributed by atoms with Crippen LogP contribution in [-0.2, 0) is 6.54 Å². The van der Waals surface area contributed by atoms with Gasteiger partial charge in [-0.05, 0) is 36.6 Å². The van der Waals surface area contributed by atoms with E-state index in [9.17, 15) is 0 Å². The van der Waals surface area contributed by atoms with Gasteiger partial charge >= 0.3 is 0 Å². The third kappa shape index (κ3) is 2.60. The van der Waals surface area contributed by atoms with Crippen LogP contribution in [0.5, 0.6) is 0 Å². The molecule has 0 saturated carbocycles. The molecular weight excluding hydrogens is 200 g/mol. The van der Waals surface area contributed by atoms with Crippen LogP contribution in [0.3, 0.4) is 0 Å². The standard InChI is InChI=1S/C13H16N2O/c14-7-11-2-1-3-12(6-11)8-15-5-4-13(9-15)10-16/h1-3,6,13,16H,4-5,8-10H2. The van der Waals surface area contributed by atoms with Crippen LogP contribution < -0.4 is 0 Å². The summed E-state index contributed by atoms with van der Waals surface area (Å²) in [5, 5.41) is 17.9. The summed E-state index contributed by atoms with van der Waals surface area (Å²) in [6.45, 7) is 3.18. The first-order valence-electron chi connectivity index (χ1n) is 5.64. The summed E-state index contributed by atoms with van der Waals surface area (Å²) in [6.07, 6.45) is 1.08. The number of likely N-dealkylation sites (tertiary alicyclic amines) is 1. The maximum absolute atomic E-state index is 9.06. The molecule has 84 valence electrons. The molecule has 0 bridgehead atoms. The zero-order valence-electron chi connectivity index (χ0n) is 9.26. The highest BCUT2D eigenvalue weighted by Crippen LogP contribution is 2.18. The molecule has 1 saturated heterocycles. The maximum Gasteiger partial charge on any atom is 0.0991 e. The first-order chi connectivity index (χ1) is 7.81. The van der Waals surface area contributed by atoms with Gasteiger partial charge in [0.1, 0.15) is 0 Å². The van der Waals surface area contributed by atoms with Crippen LogP contribution in [0.15, 0.2) is 24.3 Å². The minimum atomic E-state index is 0.286. The van der Waals surface area contributed by atoms with Crippen LogP contribution in [0.1, 0.15) is 17.5 Å². The monoisotopic (exact) mass is 216 g/mol. The van der Waals surface area contributed by atoms with Crippen molar-refractivity contribution < 1.29 is 5.11 Å². The van der Waals surface area contributed by atoms with E-state index in [-0.39, 0.29) is 6.61 Å². The highest BCUT2D eigenvalue weighted by molar-refractivity contribution is 5.32. The molecule has 1 N–H and O–H groups in total. The number of nitriles is 1. The summed E-state index contributed by atoms with van der Waals surface area (Å²) in [4.78, 5) is 2.33. The van der Waals surface area contributed by atoms with Crippen molar-refractivity contribution in [2.24, 2.45) is 5.92 Å². The van der Waals surface area contributed by atoms with Crippen LogP contribution in [-0.4, -0.2) is 29.7 Å². The lowest BCUT2D eigenvalue weighted by molar-refractivity contribution is 0.220. The summed E-state index contributed by atoms with van der Waals surface area (Å²) in [5.41, 5.74) is 1.90. The molecule has 1 atom stereocenters. The first kappa shape index (κ1) is 11.1. The van der Waals surface area contributed by atoms with Crippen LogP contribution in [0.2, 0.25) is 0 Å². The molecule has 1 aromatic carbocycles. The number of rotatable bonds is 3. The molecule has 16 heavy (non-hydrogen) atoms. The molecule has 1 aliphatic rings. The van der Waals surface area contributed by atoms with Gasteiger partial charge in [0.2, 0.25) is 0 Å². The van der Waals surface area contributed by atoms with Crippen molar-refractivity contribution in [3.8, 4) is 6.07 Å². The van der Waals surface area contributed by atoms with E-state index in [2.05, 4.69) is 11.0 Å². The molecule has 0 aliphatic carbocycles. The fourth-order valence-electron chi connectivity index (χ4n) is 2.20. The van der Waals surface area contributed by atoms with Crippen LogP contribution in [0.4, 0.5) is 0 Å². The average molecular weight is 216 g/mol. The fraction of sp³-hybridized carbons (Fsp3) is 0.462. The Bertz CT molecular complexity index is 397. The van der Waals surface area contributed by atoms with Crippen molar-refractivity contribution in [1.82, 2.24) is 4.90 Å². The van der Waals surface area contributed by atoms with Gasteiger partial charge in [-0.2, -0.15) is 5.26 Å². The second-order valence-corrected chi connectivity index (χ2v) is 4.38. The molecule has 0 spiro atoms. The van der Waals surface area contributed by atoms with Crippen molar-refractivity contribution in [1.29, 1.82) is 5.26 Å². The summed E-state index contributed by atoms with van der Waals surface area (Å²) >= 11 is 0. The minimum Gasteiger partial charge on any atom is -0.396 e. The van der Waals surface area contributed by atoms with Crippen LogP contribution >= 0.6 is 0 Å². The Kier molecular flexibility index (Phi) is 3.55. The second kappa shape index (κ2) is 5.11. The van der Waals surface area contributed by atoms with Gasteiger partial charge in [-0.25, -0.2) is 0 Å². The summed E-state index contributed by atoms with van der Waals surface area (Å²) in [6, 6.07) is 9.89. The fourth-order valence-corrected chi connectivity index (χ4v) is 2.20. The molecule has 3 heteroatoms. The summed E-state index contributed by atoms with van der Waals surface area (Å²) < 4.78 is 0. The molecule has 1 heterocycles. The Labute approximate surface area is 95.9 Å². The SMILES string of the molecule is N#Cc1cccc(CN2CCC(CO)C2)c1. The van der Waals surface area contributed by atoms with Crippen LogP contribution in [0.25, 0.3) is 0 Å². The van der Waals surface area contributed by atoms with E-state index in [1.54, 1.807) is 0 Å². The Hall–Kier alpha value is -1.37. The third-order valence-electron chi connectivity index (χ3n) is 3.09. The number of aliphatic hydroxyl groups excluding tert-OH is 1. The molecule has 2 rings (SSSR count). The Balaban J connectivity index is 1.97. The lowest BCUT2D eigenvalue weighted by Crippen LogP contribution is -2.20. The largest absolute Gasteiger partial charge is 0.396 e. The lowest BCUT2D eigenvalue weighted by atomic mass is 10.1. The van der Waals surface area contributed by atoms with Crippen LogP contribution in [0, 0.1) is 17.2 Å². The van der Waals surface area contributed by atoms with Gasteiger partial charge in [0.15, 0.2) is 0 Å². The van der Waals surface area contributed by atoms with Gasteiger partial charge in [-0.15, -0.1) is 0 Å². The number of hydrogen-bond acceptors (Lipinski definition) is 3. The molecule has 0 aromatic heterocycles. The minimum absolute atomic E-state index is 0.286. The van der Waals surface area contributed by atoms with Gasteiger partial charge in [-0.3, -0.25) is 4.90 Å². The predicted octanol–water partition coefficient (Wildman–Crippen LogP) is 1.37. The average Bonchev–Trinajstić information content (AvgIpc) is 2.77. The summed E-state index contributed by atoms with van der Waals surface area (Å²) in [7, 11) is 0. The topological polar surface area (TPSA) is 47.3 Å². The van der Waals surface area contributed by atoms with Crippen molar-refractivity contribution in [3.05, 3.63) is 35.4 Å². The van der Waals surface area contributed by atoms with Crippen molar-refractivity contribution in [2.45, 2.75) is 13.0 Å². The van der Waals surface area contributed by atoms with Gasteiger partial charge in [0, 0.05) is 19.7 Å². The molecule has 0 radical (unpaired) electrons. The number of aliphatic hydroxyl groups is 1. The molecular formula is C13H16N2O. The molecule has 1 aromatic rings. The first-order valence-corrected chi connectivity index (χ1v) is 5.64. The molecule has 1 fully saturated rings. The highest BCUT2D eigenvalue weighted by atomic mass is 16.3. The van der Waals surface area contributed by atoms with Gasteiger partial charge in [0.25, 0.3) is 0 Å². The highest BCUT2D eigenvalue weighted by Gasteiger charge is 2.21. The van der Waals surface area contributed by atoms with E-state index >= 15 is 0 Å². The third-order valence-corrected chi connectivity index (χ3v) is 3.09. The Morgan fingerprint density at radius 2 is 2.38 bits per heavy atom. The molecule has 1 aliphatic heterocycles. The van der Waals surface area contributed by atoms with Crippen molar-refractivity contribution in [3.63, 3.8) is 0 Å². The van der Waals surface area contributed by atoms with Crippen molar-refractivity contribution in [2.75, 3.05) is 19.7 Å². The Morgan fingerprint density at radius 1 is 1.50 bits per heavy atom. The molecule has 0 amide bonds. The predicted molar refractivity (Wildman–Crippen MR) is 61.6 cm³/mol. The number of hydrogen-bond donors (Lipinski definition) is 1. The van der Waals surface area contributed by atoms with E-state index in [1.807, 2.05) is 24.3 Å². The van der Waals surface area contributed by atoms with Gasteiger partial charge in [0.05, 0.1) is 11.6 Å². The van der Waals surface area contributed by atoms with E-state index in [0.717, 1.165) is 31.6 Å². The Morgan fingerprint density at radius 3 is 3.06 bits per heavy atom.